The van der Waals surface area contributed by atoms with Crippen LogP contribution in [-0.4, -0.2) is 96.1 Å². The number of rotatable bonds is 4. The van der Waals surface area contributed by atoms with Crippen LogP contribution < -0.4 is 0 Å². The Bertz CT molecular complexity index is 1780. The number of carbonyl (C=O) groups is 4. The van der Waals surface area contributed by atoms with Crippen molar-refractivity contribution in [2.24, 2.45) is 57.2 Å². The van der Waals surface area contributed by atoms with Crippen LogP contribution in [0.1, 0.15) is 92.4 Å². The van der Waals surface area contributed by atoms with Gasteiger partial charge in [0.05, 0.1) is 12.2 Å². The minimum Gasteiger partial charge on any atom is -0.393 e. The number of carbonyl (C=O) groups excluding carboxylic acids is 4. The molecule has 11 heteroatoms. The third kappa shape index (κ3) is 4.84. The number of aliphatic hydroxyl groups excluding tert-OH is 4. The van der Waals surface area contributed by atoms with Gasteiger partial charge in [-0.15, -0.1) is 0 Å². The van der Waals surface area contributed by atoms with E-state index in [4.69, 9.17) is 0 Å². The lowest BCUT2D eigenvalue weighted by Gasteiger charge is -2.62. The summed E-state index contributed by atoms with van der Waals surface area (Å²) < 4.78 is 16.9. The summed E-state index contributed by atoms with van der Waals surface area (Å²) in [5.74, 6) is -2.35. The van der Waals surface area contributed by atoms with Crippen LogP contribution >= 0.6 is 0 Å². The predicted octanol–water partition coefficient (Wildman–Crippen LogP) is 3.45. The molecule has 10 nitrogen and oxygen atoms in total. The van der Waals surface area contributed by atoms with E-state index in [0.717, 1.165) is 24.8 Å². The maximum absolute atomic E-state index is 16.9. The Morgan fingerprint density at radius 3 is 2.06 bits per heavy atom. The van der Waals surface area contributed by atoms with Crippen molar-refractivity contribution >= 4 is 23.1 Å². The van der Waals surface area contributed by atoms with E-state index in [9.17, 15) is 49.8 Å². The third-order valence-electron chi connectivity index (χ3n) is 17.0. The lowest BCUT2D eigenvalue weighted by Crippen LogP contribution is -2.69. The van der Waals surface area contributed by atoms with Gasteiger partial charge in [0, 0.05) is 33.5 Å². The molecule has 8 rings (SSSR count). The fourth-order valence-corrected chi connectivity index (χ4v) is 14.2. The Kier molecular flexibility index (Phi) is 9.28. The lowest BCUT2D eigenvalue weighted by atomic mass is 9.44. The van der Waals surface area contributed by atoms with Gasteiger partial charge < -0.3 is 30.6 Å². The number of Topliss-reactive ketones (excluding diaryl/α,β-unsaturated/α-hetero) is 2. The Labute approximate surface area is 316 Å². The van der Waals surface area contributed by atoms with Gasteiger partial charge in [0.2, 0.25) is 0 Å². The van der Waals surface area contributed by atoms with E-state index in [1.54, 1.807) is 39.0 Å². The van der Waals surface area contributed by atoms with Crippen LogP contribution in [0.25, 0.3) is 0 Å². The average Bonchev–Trinajstić information content (AvgIpc) is 3.51. The molecule has 296 valence electrons. The number of allylic oxidation sites excluding steroid dienone is 8. The van der Waals surface area contributed by atoms with Crippen LogP contribution in [-0.2, 0) is 19.2 Å². The van der Waals surface area contributed by atoms with Gasteiger partial charge in [-0.25, -0.2) is 4.39 Å². The van der Waals surface area contributed by atoms with E-state index in [-0.39, 0.29) is 47.1 Å². The zero-order valence-corrected chi connectivity index (χ0v) is 32.1. The highest BCUT2D eigenvalue weighted by molar-refractivity contribution is 6.02. The molecule has 6 saturated carbocycles. The lowest BCUT2D eigenvalue weighted by molar-refractivity contribution is -0.219. The van der Waals surface area contributed by atoms with E-state index >= 15 is 4.39 Å². The van der Waals surface area contributed by atoms with Crippen molar-refractivity contribution in [1.29, 1.82) is 0 Å². The Morgan fingerprint density at radius 2 is 1.41 bits per heavy atom. The molecular weight excluding hydrogens is 695 g/mol. The molecule has 0 unspecified atom stereocenters. The maximum Gasteiger partial charge on any atom is 0.190 e. The van der Waals surface area contributed by atoms with Gasteiger partial charge in [-0.05, 0) is 113 Å². The van der Waals surface area contributed by atoms with Gasteiger partial charge in [-0.1, -0.05) is 51.0 Å². The molecule has 0 aliphatic heterocycles. The molecule has 0 aromatic carbocycles. The van der Waals surface area contributed by atoms with Gasteiger partial charge in [0.1, 0.15) is 24.4 Å². The quantitative estimate of drug-likeness (QED) is 0.248. The first-order valence-electron chi connectivity index (χ1n) is 19.8. The molecule has 15 atom stereocenters. The largest absolute Gasteiger partial charge is 0.393 e. The van der Waals surface area contributed by atoms with Crippen molar-refractivity contribution in [3.05, 3.63) is 47.6 Å². The Morgan fingerprint density at radius 1 is 0.796 bits per heavy atom. The van der Waals surface area contributed by atoms with Crippen LogP contribution in [0, 0.1) is 57.2 Å². The topological polar surface area (TPSA) is 190 Å². The third-order valence-corrected chi connectivity index (χ3v) is 17.0. The van der Waals surface area contributed by atoms with E-state index < -0.39 is 81.9 Å². The molecule has 0 amide bonds. The number of aliphatic hydroxyl groups is 6. The summed E-state index contributed by atoms with van der Waals surface area (Å²) in [5, 5.41) is 63.6. The summed E-state index contributed by atoms with van der Waals surface area (Å²) in [5.41, 5.74) is -6.71. The van der Waals surface area contributed by atoms with Crippen LogP contribution in [0.4, 0.5) is 4.39 Å². The first kappa shape index (κ1) is 39.6. The van der Waals surface area contributed by atoms with Crippen molar-refractivity contribution in [1.82, 2.24) is 0 Å². The molecule has 8 aliphatic carbocycles. The van der Waals surface area contributed by atoms with E-state index in [1.807, 2.05) is 13.0 Å². The standard InChI is InChI=1S/C22H29FO5.C21H28O5/c1-12-8-16-15-5-4-13-9-14(25)6-7-19(13,2)21(15,23)17(26)10-20(16,3)22(12,28)18(27)11-24;1-19-7-5-13(23)9-12(19)3-4-14-15-6-8-21(26,17(25)11-22)20(15,2)10-16(24)18(14)19/h6-7,9,12,15-17,24,26,28H,4-5,8,10-11H2,1-3H3;5,7,9,14-16,18,22,24,26H,3-4,6,8,10-11H2,1-2H3/t12-,15+,16+,17+,19+,20+,21+,22+;14-,15-,16-,18+,19-,20-,21-/m10/s1. The SMILES string of the molecule is C[C@@H]1C[C@H]2[C@@H]3CCC4=CC(=O)C=C[C@]4(C)[C@@]3(F)[C@@H](O)C[C@]2(C)[C@@]1(O)C(=O)CO.C[C@]12C=CC(=O)C=C1CC[C@@H]1[C@@H]2[C@@H](O)C[C@@]2(C)[C@H]1CC[C@]2(O)C(=O)CO. The molecule has 0 spiro atoms. The van der Waals surface area contributed by atoms with Gasteiger partial charge in [-0.3, -0.25) is 19.2 Å². The van der Waals surface area contributed by atoms with Crippen molar-refractivity contribution < 1.29 is 54.2 Å². The number of hydrogen-bond acceptors (Lipinski definition) is 10. The monoisotopic (exact) mass is 752 g/mol. The molecule has 6 fully saturated rings. The molecule has 8 aliphatic rings. The maximum atomic E-state index is 16.9. The Balaban J connectivity index is 0.000000167. The van der Waals surface area contributed by atoms with Crippen molar-refractivity contribution in [2.45, 2.75) is 121 Å². The van der Waals surface area contributed by atoms with E-state index in [2.05, 4.69) is 6.92 Å². The first-order chi connectivity index (χ1) is 25.1. The molecule has 0 bridgehead atoms. The van der Waals surface area contributed by atoms with Gasteiger partial charge in [0.25, 0.3) is 0 Å². The fourth-order valence-electron chi connectivity index (χ4n) is 14.2. The van der Waals surface area contributed by atoms with Gasteiger partial charge in [-0.2, -0.15) is 0 Å². The second-order valence-corrected chi connectivity index (χ2v) is 18.9. The van der Waals surface area contributed by atoms with E-state index in [1.165, 1.54) is 12.2 Å². The molecule has 0 saturated heterocycles. The second-order valence-electron chi connectivity index (χ2n) is 18.9. The normalized spacial score (nSPS) is 51.3. The van der Waals surface area contributed by atoms with Crippen LogP contribution in [0.2, 0.25) is 0 Å². The second kappa shape index (κ2) is 12.7. The summed E-state index contributed by atoms with van der Waals surface area (Å²) in [6, 6.07) is 0. The minimum atomic E-state index is -1.98. The number of fused-ring (bicyclic) bond motifs is 10. The van der Waals surface area contributed by atoms with Gasteiger partial charge >= 0.3 is 0 Å². The van der Waals surface area contributed by atoms with Crippen LogP contribution in [0.15, 0.2) is 47.6 Å². The Hall–Kier alpha value is -2.67. The highest BCUT2D eigenvalue weighted by Gasteiger charge is 2.75. The fraction of sp³-hybridized carbons (Fsp3) is 0.721. The first-order valence-corrected chi connectivity index (χ1v) is 19.8. The molecular formula is C43H57FO10. The highest BCUT2D eigenvalue weighted by atomic mass is 19.1. The zero-order chi connectivity index (χ0) is 39.6. The van der Waals surface area contributed by atoms with Crippen molar-refractivity contribution in [3.63, 3.8) is 0 Å². The van der Waals surface area contributed by atoms with Crippen LogP contribution in [0.5, 0.6) is 0 Å². The summed E-state index contributed by atoms with van der Waals surface area (Å²) in [7, 11) is 0. The minimum absolute atomic E-state index is 0.00912. The average molecular weight is 753 g/mol. The smallest absolute Gasteiger partial charge is 0.190 e. The molecule has 0 aromatic rings. The summed E-state index contributed by atoms with van der Waals surface area (Å²) in [4.78, 5) is 48.5. The van der Waals surface area contributed by atoms with Crippen molar-refractivity contribution in [2.75, 3.05) is 13.2 Å². The zero-order valence-electron chi connectivity index (χ0n) is 32.1. The molecule has 0 aromatic heterocycles. The molecule has 6 N–H and O–H groups in total. The van der Waals surface area contributed by atoms with E-state index in [0.29, 0.717) is 37.7 Å². The summed E-state index contributed by atoms with van der Waals surface area (Å²) in [6.07, 6.45) is 12.1. The summed E-state index contributed by atoms with van der Waals surface area (Å²) in [6.45, 7) is 7.82. The van der Waals surface area contributed by atoms with Gasteiger partial charge in [0.15, 0.2) is 28.8 Å². The number of hydrogen-bond donors (Lipinski definition) is 6. The van der Waals surface area contributed by atoms with Crippen LogP contribution in [0.3, 0.4) is 0 Å². The molecule has 54 heavy (non-hydrogen) atoms. The number of ketones is 4. The summed E-state index contributed by atoms with van der Waals surface area (Å²) >= 11 is 0. The number of alkyl halides is 1. The number of halogens is 1. The predicted molar refractivity (Wildman–Crippen MR) is 195 cm³/mol. The molecule has 0 heterocycles. The van der Waals surface area contributed by atoms with Crippen molar-refractivity contribution in [3.8, 4) is 0 Å². The highest BCUT2D eigenvalue weighted by Crippen LogP contribution is 2.71. The molecule has 0 radical (unpaired) electrons.